The van der Waals surface area contributed by atoms with Crippen molar-refractivity contribution in [1.29, 1.82) is 0 Å². The number of anilines is 1. The number of rotatable bonds is 2. The Morgan fingerprint density at radius 2 is 1.81 bits per heavy atom. The molecule has 1 aromatic rings. The summed E-state index contributed by atoms with van der Waals surface area (Å²) in [4.78, 5) is 21.2. The van der Waals surface area contributed by atoms with Gasteiger partial charge in [-0.05, 0) is 36.5 Å². The van der Waals surface area contributed by atoms with E-state index in [4.69, 9.17) is 17.3 Å². The van der Waals surface area contributed by atoms with Crippen LogP contribution < -0.4 is 10.6 Å². The average molecular weight is 238 g/mol. The number of hydrogen-bond donors (Lipinski definition) is 3. The van der Waals surface area contributed by atoms with E-state index in [1.54, 1.807) is 12.1 Å². The largest absolute Gasteiger partial charge is 0.478 e. The number of carbonyl (C=O) groups excluding carboxylic acids is 1. The normalized spacial score (nSPS) is 9.31. The van der Waals surface area contributed by atoms with Crippen LogP contribution in [0, 0.1) is 0 Å². The van der Waals surface area contributed by atoms with E-state index in [2.05, 4.69) is 10.6 Å². The summed E-state index contributed by atoms with van der Waals surface area (Å²) in [6.07, 6.45) is 0. The van der Waals surface area contributed by atoms with Crippen molar-refractivity contribution in [3.8, 4) is 0 Å². The van der Waals surface area contributed by atoms with Crippen molar-refractivity contribution in [2.45, 2.75) is 6.92 Å². The van der Waals surface area contributed by atoms with E-state index in [1.165, 1.54) is 19.1 Å². The Morgan fingerprint density at radius 3 is 2.25 bits per heavy atom. The standard InChI is InChI=1S/C10H10N2O3S/c1-6(13)11-10(16)12-8-4-2-7(3-5-8)9(14)15/h2-5H,1H3,(H,14,15)(H2,11,12,13,16). The molecule has 3 N–H and O–H groups in total. The van der Waals surface area contributed by atoms with Crippen molar-refractivity contribution >= 4 is 34.9 Å². The average Bonchev–Trinajstić information content (AvgIpc) is 2.16. The van der Waals surface area contributed by atoms with Crippen LogP contribution in [0.1, 0.15) is 17.3 Å². The van der Waals surface area contributed by atoms with Crippen molar-refractivity contribution in [1.82, 2.24) is 5.32 Å². The Kier molecular flexibility index (Phi) is 3.96. The zero-order valence-corrected chi connectivity index (χ0v) is 9.30. The van der Waals surface area contributed by atoms with Gasteiger partial charge in [-0.15, -0.1) is 0 Å². The molecule has 0 heterocycles. The van der Waals surface area contributed by atoms with Crippen LogP contribution >= 0.6 is 12.2 Å². The maximum atomic E-state index is 10.7. The second-order valence-corrected chi connectivity index (χ2v) is 3.43. The molecule has 1 amide bonds. The summed E-state index contributed by atoms with van der Waals surface area (Å²) < 4.78 is 0. The number of nitrogens with one attached hydrogen (secondary N) is 2. The SMILES string of the molecule is CC(=O)NC(=S)Nc1ccc(C(=O)O)cc1. The van der Waals surface area contributed by atoms with Gasteiger partial charge < -0.3 is 15.7 Å². The molecule has 0 aliphatic rings. The van der Waals surface area contributed by atoms with Gasteiger partial charge >= 0.3 is 5.97 Å². The molecular weight excluding hydrogens is 228 g/mol. The molecule has 0 aliphatic carbocycles. The third-order valence-electron chi connectivity index (χ3n) is 1.68. The number of benzene rings is 1. The molecule has 0 saturated carbocycles. The Bertz CT molecular complexity index is 428. The Morgan fingerprint density at radius 1 is 1.25 bits per heavy atom. The third kappa shape index (κ3) is 3.66. The summed E-state index contributed by atoms with van der Waals surface area (Å²) >= 11 is 4.84. The van der Waals surface area contributed by atoms with Crippen LogP contribution in [0.15, 0.2) is 24.3 Å². The van der Waals surface area contributed by atoms with E-state index in [1.807, 2.05) is 0 Å². The van der Waals surface area contributed by atoms with E-state index in [9.17, 15) is 9.59 Å². The second kappa shape index (κ2) is 5.22. The molecule has 0 bridgehead atoms. The molecule has 0 atom stereocenters. The van der Waals surface area contributed by atoms with E-state index >= 15 is 0 Å². The van der Waals surface area contributed by atoms with E-state index in [-0.39, 0.29) is 16.6 Å². The zero-order valence-electron chi connectivity index (χ0n) is 8.48. The van der Waals surface area contributed by atoms with Crippen molar-refractivity contribution in [2.24, 2.45) is 0 Å². The number of carboxylic acid groups (broad SMARTS) is 1. The summed E-state index contributed by atoms with van der Waals surface area (Å²) in [6.45, 7) is 1.35. The fourth-order valence-corrected chi connectivity index (χ4v) is 1.28. The Labute approximate surface area is 97.5 Å². The van der Waals surface area contributed by atoms with Crippen LogP contribution in [0.25, 0.3) is 0 Å². The maximum Gasteiger partial charge on any atom is 0.335 e. The topological polar surface area (TPSA) is 78.4 Å². The molecule has 6 heteroatoms. The van der Waals surface area contributed by atoms with Gasteiger partial charge in [-0.2, -0.15) is 0 Å². The van der Waals surface area contributed by atoms with Gasteiger partial charge in [0.2, 0.25) is 5.91 Å². The van der Waals surface area contributed by atoms with Gasteiger partial charge in [-0.3, -0.25) is 4.79 Å². The molecule has 0 radical (unpaired) electrons. The lowest BCUT2D eigenvalue weighted by atomic mass is 10.2. The first-order chi connectivity index (χ1) is 7.49. The smallest absolute Gasteiger partial charge is 0.335 e. The molecule has 0 unspecified atom stereocenters. The van der Waals surface area contributed by atoms with Crippen molar-refractivity contribution in [3.63, 3.8) is 0 Å². The van der Waals surface area contributed by atoms with E-state index in [0.29, 0.717) is 5.69 Å². The summed E-state index contributed by atoms with van der Waals surface area (Å²) in [5.41, 5.74) is 0.805. The van der Waals surface area contributed by atoms with Crippen molar-refractivity contribution in [2.75, 3.05) is 5.32 Å². The summed E-state index contributed by atoms with van der Waals surface area (Å²) in [5.74, 6) is -1.25. The lowest BCUT2D eigenvalue weighted by molar-refractivity contribution is -0.117. The molecule has 16 heavy (non-hydrogen) atoms. The minimum Gasteiger partial charge on any atom is -0.478 e. The quantitative estimate of drug-likeness (QED) is 0.675. The molecule has 0 aromatic heterocycles. The number of carboxylic acids is 1. The Hall–Kier alpha value is -1.95. The van der Waals surface area contributed by atoms with Crippen LogP contribution in [0.2, 0.25) is 0 Å². The van der Waals surface area contributed by atoms with Crippen molar-refractivity contribution < 1.29 is 14.7 Å². The first-order valence-corrected chi connectivity index (χ1v) is 4.82. The molecule has 84 valence electrons. The van der Waals surface area contributed by atoms with Crippen LogP contribution in [0.4, 0.5) is 5.69 Å². The monoisotopic (exact) mass is 238 g/mol. The first kappa shape index (κ1) is 12.1. The maximum absolute atomic E-state index is 10.7. The predicted molar refractivity (Wildman–Crippen MR) is 63.4 cm³/mol. The molecule has 0 spiro atoms. The number of amides is 1. The highest BCUT2D eigenvalue weighted by atomic mass is 32.1. The molecule has 0 aliphatic heterocycles. The minimum absolute atomic E-state index is 0.176. The molecule has 5 nitrogen and oxygen atoms in total. The number of thiocarbonyl (C=S) groups is 1. The van der Waals surface area contributed by atoms with Crippen molar-refractivity contribution in [3.05, 3.63) is 29.8 Å². The van der Waals surface area contributed by atoms with Crippen LogP contribution in [0.3, 0.4) is 0 Å². The highest BCUT2D eigenvalue weighted by molar-refractivity contribution is 7.80. The lowest BCUT2D eigenvalue weighted by Crippen LogP contribution is -2.32. The van der Waals surface area contributed by atoms with E-state index in [0.717, 1.165) is 0 Å². The van der Waals surface area contributed by atoms with Gasteiger partial charge in [-0.25, -0.2) is 4.79 Å². The summed E-state index contributed by atoms with van der Waals surface area (Å²) in [6, 6.07) is 6.03. The molecular formula is C10H10N2O3S. The van der Waals surface area contributed by atoms with Gasteiger partial charge in [0.25, 0.3) is 0 Å². The van der Waals surface area contributed by atoms with Crippen LogP contribution in [-0.4, -0.2) is 22.1 Å². The summed E-state index contributed by atoms with van der Waals surface area (Å²) in [5, 5.41) is 14.0. The van der Waals surface area contributed by atoms with Gasteiger partial charge in [0.15, 0.2) is 5.11 Å². The number of hydrogen-bond acceptors (Lipinski definition) is 3. The number of carbonyl (C=O) groups is 2. The summed E-state index contributed by atoms with van der Waals surface area (Å²) in [7, 11) is 0. The van der Waals surface area contributed by atoms with Gasteiger partial charge in [0, 0.05) is 12.6 Å². The van der Waals surface area contributed by atoms with Gasteiger partial charge in [0.1, 0.15) is 0 Å². The van der Waals surface area contributed by atoms with Gasteiger partial charge in [0.05, 0.1) is 5.56 Å². The highest BCUT2D eigenvalue weighted by Gasteiger charge is 2.03. The third-order valence-corrected chi connectivity index (χ3v) is 1.88. The van der Waals surface area contributed by atoms with Crippen LogP contribution in [0.5, 0.6) is 0 Å². The first-order valence-electron chi connectivity index (χ1n) is 4.41. The van der Waals surface area contributed by atoms with Crippen LogP contribution in [-0.2, 0) is 4.79 Å². The molecule has 1 rings (SSSR count). The van der Waals surface area contributed by atoms with E-state index < -0.39 is 5.97 Å². The molecule has 0 saturated heterocycles. The fraction of sp³-hybridized carbons (Fsp3) is 0.100. The zero-order chi connectivity index (χ0) is 12.1. The highest BCUT2D eigenvalue weighted by Crippen LogP contribution is 2.09. The minimum atomic E-state index is -0.990. The van der Waals surface area contributed by atoms with Gasteiger partial charge in [-0.1, -0.05) is 0 Å². The molecule has 1 aromatic carbocycles. The number of aromatic carboxylic acids is 1. The lowest BCUT2D eigenvalue weighted by Gasteiger charge is -2.07. The second-order valence-electron chi connectivity index (χ2n) is 3.02. The predicted octanol–water partition coefficient (Wildman–Crippen LogP) is 1.22. The fourth-order valence-electron chi connectivity index (χ4n) is 1.02. The molecule has 0 fully saturated rings. The Balaban J connectivity index is 2.65.